The Balaban J connectivity index is 1.81. The number of likely N-dealkylation sites (tertiary alicyclic amines) is 1. The van der Waals surface area contributed by atoms with E-state index in [-0.39, 0.29) is 6.54 Å². The highest BCUT2D eigenvalue weighted by molar-refractivity contribution is 5.83. The maximum absolute atomic E-state index is 13.8. The Hall–Kier alpha value is -1.76. The molecule has 0 aliphatic carbocycles. The van der Waals surface area contributed by atoms with Gasteiger partial charge in [-0.15, -0.1) is 0 Å². The van der Waals surface area contributed by atoms with Gasteiger partial charge in [0, 0.05) is 30.7 Å². The summed E-state index contributed by atoms with van der Waals surface area (Å²) in [6.07, 6.45) is 0.537. The molecule has 0 radical (unpaired) electrons. The number of fused-ring (bicyclic) bond motifs is 1. The van der Waals surface area contributed by atoms with E-state index in [1.807, 2.05) is 23.1 Å². The van der Waals surface area contributed by atoms with Gasteiger partial charge in [-0.2, -0.15) is 0 Å². The van der Waals surface area contributed by atoms with Crippen LogP contribution in [0.4, 0.5) is 4.39 Å². The van der Waals surface area contributed by atoms with Crippen molar-refractivity contribution in [2.45, 2.75) is 24.7 Å². The minimum absolute atomic E-state index is 0.268. The highest BCUT2D eigenvalue weighted by Crippen LogP contribution is 2.27. The number of nitrogens with zero attached hydrogens (tertiary/aromatic N) is 2. The number of halogens is 1. The second kappa shape index (κ2) is 6.78. The van der Waals surface area contributed by atoms with Crippen molar-refractivity contribution in [1.29, 1.82) is 0 Å². The van der Waals surface area contributed by atoms with Crippen molar-refractivity contribution in [3.05, 3.63) is 36.0 Å². The highest BCUT2D eigenvalue weighted by Gasteiger charge is 2.28. The van der Waals surface area contributed by atoms with Gasteiger partial charge in [0.15, 0.2) is 0 Å². The van der Waals surface area contributed by atoms with Crippen LogP contribution in [-0.2, 0) is 0 Å². The van der Waals surface area contributed by atoms with E-state index >= 15 is 0 Å². The number of benzene rings is 1. The van der Waals surface area contributed by atoms with Gasteiger partial charge in [0.05, 0.1) is 18.7 Å². The lowest BCUT2D eigenvalue weighted by Crippen LogP contribution is -2.49. The van der Waals surface area contributed by atoms with Crippen molar-refractivity contribution in [3.63, 3.8) is 0 Å². The molecule has 3 N–H and O–H groups in total. The summed E-state index contributed by atoms with van der Waals surface area (Å²) in [4.78, 5) is 6.23. The van der Waals surface area contributed by atoms with Gasteiger partial charge in [-0.05, 0) is 42.8 Å². The van der Waals surface area contributed by atoms with E-state index in [0.717, 1.165) is 16.5 Å². The summed E-state index contributed by atoms with van der Waals surface area (Å²) in [5, 5.41) is 11.5. The second-order valence-corrected chi connectivity index (χ2v) is 6.03. The van der Waals surface area contributed by atoms with Gasteiger partial charge in [-0.3, -0.25) is 9.88 Å². The number of alkyl halides is 1. The zero-order valence-electron chi connectivity index (χ0n) is 13.2. The highest BCUT2D eigenvalue weighted by atomic mass is 19.1. The van der Waals surface area contributed by atoms with Crippen LogP contribution in [0.15, 0.2) is 30.5 Å². The Morgan fingerprint density at radius 1 is 1.48 bits per heavy atom. The molecule has 0 saturated carbocycles. The summed E-state index contributed by atoms with van der Waals surface area (Å²) in [6, 6.07) is 6.97. The van der Waals surface area contributed by atoms with Crippen molar-refractivity contribution < 1.29 is 14.2 Å². The van der Waals surface area contributed by atoms with Crippen LogP contribution in [-0.4, -0.2) is 53.9 Å². The number of piperidine rings is 1. The van der Waals surface area contributed by atoms with Crippen molar-refractivity contribution >= 4 is 10.9 Å². The Labute approximate surface area is 134 Å². The molecule has 0 bridgehead atoms. The first kappa shape index (κ1) is 16.1. The molecule has 124 valence electrons. The lowest BCUT2D eigenvalue weighted by atomic mass is 10.0. The maximum atomic E-state index is 13.8. The fourth-order valence-corrected chi connectivity index (χ4v) is 3.06. The predicted octanol–water partition coefficient (Wildman–Crippen LogP) is 1.65. The molecule has 0 unspecified atom stereocenters. The fraction of sp³-hybridized carbons (Fsp3) is 0.471. The molecular formula is C17H22FN3O2. The van der Waals surface area contributed by atoms with Crippen molar-refractivity contribution in [2.24, 2.45) is 5.73 Å². The molecule has 3 atom stereocenters. The number of hydrogen-bond donors (Lipinski definition) is 2. The van der Waals surface area contributed by atoms with Crippen molar-refractivity contribution in [2.75, 3.05) is 26.7 Å². The summed E-state index contributed by atoms with van der Waals surface area (Å²) in [5.74, 6) is 0.715. The van der Waals surface area contributed by atoms with Crippen LogP contribution in [0.3, 0.4) is 0 Å². The minimum Gasteiger partial charge on any atom is -0.497 e. The van der Waals surface area contributed by atoms with Crippen LogP contribution >= 0.6 is 0 Å². The number of hydrogen-bond acceptors (Lipinski definition) is 5. The molecule has 0 amide bonds. The van der Waals surface area contributed by atoms with E-state index in [2.05, 4.69) is 4.98 Å². The Morgan fingerprint density at radius 2 is 2.30 bits per heavy atom. The molecule has 2 heterocycles. The average molecular weight is 319 g/mol. The van der Waals surface area contributed by atoms with Gasteiger partial charge >= 0.3 is 0 Å². The van der Waals surface area contributed by atoms with Gasteiger partial charge in [-0.1, -0.05) is 0 Å². The Kier molecular flexibility index (Phi) is 4.75. The zero-order valence-corrected chi connectivity index (χ0v) is 13.2. The van der Waals surface area contributed by atoms with E-state index in [9.17, 15) is 9.50 Å². The number of methoxy groups -OCH3 is 1. The molecule has 3 rings (SSSR count). The molecule has 6 heteroatoms. The summed E-state index contributed by atoms with van der Waals surface area (Å²) in [6.45, 7) is 1.35. The molecule has 0 spiro atoms. The Morgan fingerprint density at radius 3 is 3.04 bits per heavy atom. The average Bonchev–Trinajstić information content (AvgIpc) is 2.57. The first-order valence-electron chi connectivity index (χ1n) is 7.81. The number of pyridine rings is 1. The number of nitrogens with two attached hydrogens (primary N) is 1. The number of ether oxygens (including phenoxy) is 1. The first-order valence-corrected chi connectivity index (χ1v) is 7.81. The van der Waals surface area contributed by atoms with Crippen LogP contribution in [0.5, 0.6) is 5.75 Å². The van der Waals surface area contributed by atoms with Gasteiger partial charge < -0.3 is 15.6 Å². The van der Waals surface area contributed by atoms with E-state index < -0.39 is 18.3 Å². The topological polar surface area (TPSA) is 71.6 Å². The maximum Gasteiger partial charge on any atom is 0.128 e. The second-order valence-electron chi connectivity index (χ2n) is 6.03. The third-order valence-corrected chi connectivity index (χ3v) is 4.45. The predicted molar refractivity (Wildman–Crippen MR) is 87.2 cm³/mol. The van der Waals surface area contributed by atoms with Gasteiger partial charge in [0.25, 0.3) is 0 Å². The van der Waals surface area contributed by atoms with Crippen LogP contribution in [0.25, 0.3) is 10.9 Å². The summed E-state index contributed by atoms with van der Waals surface area (Å²) < 4.78 is 19.0. The van der Waals surface area contributed by atoms with Gasteiger partial charge in [0.1, 0.15) is 11.9 Å². The largest absolute Gasteiger partial charge is 0.497 e. The van der Waals surface area contributed by atoms with E-state index in [0.29, 0.717) is 25.3 Å². The van der Waals surface area contributed by atoms with E-state index in [1.54, 1.807) is 19.4 Å². The first-order chi connectivity index (χ1) is 11.1. The molecule has 1 aliphatic rings. The molecule has 23 heavy (non-hydrogen) atoms. The summed E-state index contributed by atoms with van der Waals surface area (Å²) in [5.41, 5.74) is 7.28. The molecule has 1 aromatic heterocycles. The van der Waals surface area contributed by atoms with Gasteiger partial charge in [0.2, 0.25) is 0 Å². The smallest absolute Gasteiger partial charge is 0.128 e. The van der Waals surface area contributed by atoms with Crippen molar-refractivity contribution in [3.8, 4) is 5.75 Å². The number of β-amino-alcohol motifs (C(OH)–C–C–N with tert-alkyl or cyclic N) is 1. The molecule has 1 fully saturated rings. The lowest BCUT2D eigenvalue weighted by molar-refractivity contribution is 0.0651. The van der Waals surface area contributed by atoms with Crippen LogP contribution < -0.4 is 10.5 Å². The number of aliphatic hydroxyl groups excluding tert-OH is 1. The lowest BCUT2D eigenvalue weighted by Gasteiger charge is -2.34. The summed E-state index contributed by atoms with van der Waals surface area (Å²) >= 11 is 0. The van der Waals surface area contributed by atoms with Crippen LogP contribution in [0, 0.1) is 0 Å². The van der Waals surface area contributed by atoms with Crippen LogP contribution in [0.2, 0.25) is 0 Å². The molecule has 1 aliphatic heterocycles. The SMILES string of the molecule is COc1ccc2nccc([C@@H](O)CN3CC[C@H](N)[C@H](F)C3)c2c1. The number of aromatic nitrogens is 1. The number of rotatable bonds is 4. The fourth-order valence-electron chi connectivity index (χ4n) is 3.06. The quantitative estimate of drug-likeness (QED) is 0.896. The minimum atomic E-state index is -1.04. The van der Waals surface area contributed by atoms with E-state index in [4.69, 9.17) is 10.5 Å². The standard InChI is InChI=1S/C17H22FN3O2/c1-23-11-2-3-16-13(8-11)12(4-6-20-16)17(22)10-21-7-5-15(19)14(18)9-21/h2-4,6,8,14-15,17,22H,5,7,9-10,19H2,1H3/t14-,15+,17+/m1/s1. The molecule has 2 aromatic rings. The van der Waals surface area contributed by atoms with Gasteiger partial charge in [-0.25, -0.2) is 4.39 Å². The van der Waals surface area contributed by atoms with E-state index in [1.165, 1.54) is 0 Å². The molecule has 1 aromatic carbocycles. The number of aliphatic hydroxyl groups is 1. The normalized spacial score (nSPS) is 23.8. The zero-order chi connectivity index (χ0) is 16.4. The third kappa shape index (κ3) is 3.44. The molecular weight excluding hydrogens is 297 g/mol. The molecule has 5 nitrogen and oxygen atoms in total. The van der Waals surface area contributed by atoms with Crippen LogP contribution in [0.1, 0.15) is 18.1 Å². The summed E-state index contributed by atoms with van der Waals surface area (Å²) in [7, 11) is 1.60. The monoisotopic (exact) mass is 319 g/mol. The van der Waals surface area contributed by atoms with Crippen molar-refractivity contribution in [1.82, 2.24) is 9.88 Å². The third-order valence-electron chi connectivity index (χ3n) is 4.45. The molecule has 1 saturated heterocycles. The Bertz CT molecular complexity index is 682.